The maximum absolute atomic E-state index is 10.9. The van der Waals surface area contributed by atoms with Gasteiger partial charge in [-0.15, -0.1) is 0 Å². The van der Waals surface area contributed by atoms with E-state index in [1.165, 1.54) is 0 Å². The van der Waals surface area contributed by atoms with Crippen molar-refractivity contribution < 1.29 is 14.3 Å². The number of methoxy groups -OCH3 is 1. The van der Waals surface area contributed by atoms with Gasteiger partial charge in [0.05, 0.1) is 0 Å². The van der Waals surface area contributed by atoms with Gasteiger partial charge in [0.1, 0.15) is 11.4 Å². The Labute approximate surface area is 115 Å². The summed E-state index contributed by atoms with van der Waals surface area (Å²) in [5.41, 5.74) is 5.34. The van der Waals surface area contributed by atoms with Gasteiger partial charge in [0.2, 0.25) is 5.91 Å². The van der Waals surface area contributed by atoms with Crippen LogP contribution in [-0.2, 0) is 4.74 Å². The molecule has 4 nitrogen and oxygen atoms in total. The average molecular weight is 267 g/mol. The van der Waals surface area contributed by atoms with Crippen LogP contribution < -0.4 is 10.5 Å². The molecule has 0 bridgehead atoms. The summed E-state index contributed by atoms with van der Waals surface area (Å²) >= 11 is 0. The minimum Gasteiger partial charge on any atom is -0.488 e. The Bertz CT molecular complexity index is 371. The third kappa shape index (κ3) is 6.82. The molecule has 0 saturated heterocycles. The normalized spacial score (nSPS) is 10.4. The van der Waals surface area contributed by atoms with Crippen molar-refractivity contribution in [3.05, 3.63) is 29.8 Å². The molecule has 0 unspecified atom stereocenters. The molecule has 1 aromatic carbocycles. The third-order valence-corrected chi connectivity index (χ3v) is 2.44. The summed E-state index contributed by atoms with van der Waals surface area (Å²) in [7, 11) is 1.66. The first-order valence-electron chi connectivity index (χ1n) is 6.52. The Hall–Kier alpha value is -1.55. The first-order valence-corrected chi connectivity index (χ1v) is 6.52. The highest BCUT2D eigenvalue weighted by molar-refractivity contribution is 5.92. The van der Waals surface area contributed by atoms with E-state index in [1.54, 1.807) is 31.4 Å². The van der Waals surface area contributed by atoms with Crippen LogP contribution in [0.25, 0.3) is 0 Å². The molecule has 0 heterocycles. The fraction of sp³-hybridized carbons (Fsp3) is 0.533. The first-order chi connectivity index (χ1) is 8.94. The first kappa shape index (κ1) is 17.4. The zero-order valence-electron chi connectivity index (χ0n) is 12.5. The van der Waals surface area contributed by atoms with Gasteiger partial charge in [-0.05, 0) is 38.1 Å². The van der Waals surface area contributed by atoms with Crippen LogP contribution in [0.4, 0.5) is 0 Å². The molecule has 19 heavy (non-hydrogen) atoms. The maximum Gasteiger partial charge on any atom is 0.248 e. The second kappa shape index (κ2) is 8.53. The lowest BCUT2D eigenvalue weighted by Crippen LogP contribution is -2.29. The summed E-state index contributed by atoms with van der Waals surface area (Å²) < 4.78 is 10.8. The second-order valence-electron chi connectivity index (χ2n) is 4.49. The smallest absolute Gasteiger partial charge is 0.248 e. The number of rotatable bonds is 6. The number of primary amides is 1. The van der Waals surface area contributed by atoms with Gasteiger partial charge in [-0.25, -0.2) is 0 Å². The van der Waals surface area contributed by atoms with E-state index in [0.29, 0.717) is 12.2 Å². The van der Waals surface area contributed by atoms with Crippen molar-refractivity contribution in [3.63, 3.8) is 0 Å². The fourth-order valence-electron chi connectivity index (χ4n) is 1.41. The van der Waals surface area contributed by atoms with Crippen molar-refractivity contribution in [1.82, 2.24) is 0 Å². The minimum absolute atomic E-state index is 0.301. The van der Waals surface area contributed by atoms with E-state index in [-0.39, 0.29) is 5.60 Å². The molecule has 2 N–H and O–H groups in total. The van der Waals surface area contributed by atoms with Crippen LogP contribution in [0.1, 0.15) is 44.5 Å². The summed E-state index contributed by atoms with van der Waals surface area (Å²) in [6.07, 6.45) is 0.793. The number of nitrogens with two attached hydrogens (primary N) is 1. The minimum atomic E-state index is -0.435. The van der Waals surface area contributed by atoms with E-state index in [2.05, 4.69) is 0 Å². The van der Waals surface area contributed by atoms with Gasteiger partial charge >= 0.3 is 0 Å². The number of ether oxygens (including phenoxy) is 2. The zero-order chi connectivity index (χ0) is 14.9. The Morgan fingerprint density at radius 1 is 1.21 bits per heavy atom. The van der Waals surface area contributed by atoms with Crippen molar-refractivity contribution in [1.29, 1.82) is 0 Å². The molecule has 0 aliphatic rings. The van der Waals surface area contributed by atoms with Gasteiger partial charge in [0.15, 0.2) is 0 Å². The van der Waals surface area contributed by atoms with Gasteiger partial charge in [0, 0.05) is 25.7 Å². The largest absolute Gasteiger partial charge is 0.488 e. The monoisotopic (exact) mass is 267 g/mol. The lowest BCUT2D eigenvalue weighted by molar-refractivity contribution is 0.0630. The summed E-state index contributed by atoms with van der Waals surface area (Å²) in [4.78, 5) is 10.9. The molecule has 0 atom stereocenters. The Kier molecular flexibility index (Phi) is 7.84. The van der Waals surface area contributed by atoms with Crippen LogP contribution in [0.3, 0.4) is 0 Å². The van der Waals surface area contributed by atoms with Crippen LogP contribution in [0.5, 0.6) is 5.75 Å². The number of hydrogen-bond donors (Lipinski definition) is 1. The highest BCUT2D eigenvalue weighted by Crippen LogP contribution is 2.21. The summed E-state index contributed by atoms with van der Waals surface area (Å²) in [5.74, 6) is 0.284. The topological polar surface area (TPSA) is 61.6 Å². The fourth-order valence-corrected chi connectivity index (χ4v) is 1.41. The quantitative estimate of drug-likeness (QED) is 0.861. The van der Waals surface area contributed by atoms with Crippen molar-refractivity contribution in [2.75, 3.05) is 13.7 Å². The number of hydrogen-bond acceptors (Lipinski definition) is 3. The van der Waals surface area contributed by atoms with Crippen LogP contribution >= 0.6 is 0 Å². The van der Waals surface area contributed by atoms with Crippen molar-refractivity contribution >= 4 is 5.91 Å². The number of carbonyl (C=O) groups excluding carboxylic acids is 1. The molecule has 1 amide bonds. The second-order valence-corrected chi connectivity index (χ2v) is 4.49. The average Bonchev–Trinajstić information content (AvgIpc) is 2.39. The van der Waals surface area contributed by atoms with E-state index in [9.17, 15) is 4.79 Å². The molecule has 0 saturated carbocycles. The van der Waals surface area contributed by atoms with Crippen molar-refractivity contribution in [3.8, 4) is 5.75 Å². The number of carbonyl (C=O) groups is 1. The van der Waals surface area contributed by atoms with E-state index < -0.39 is 5.91 Å². The Morgan fingerprint density at radius 2 is 1.74 bits per heavy atom. The van der Waals surface area contributed by atoms with E-state index in [1.807, 2.05) is 27.7 Å². The molecule has 4 heteroatoms. The highest BCUT2D eigenvalue weighted by Gasteiger charge is 2.19. The lowest BCUT2D eigenvalue weighted by atomic mass is 10.1. The highest BCUT2D eigenvalue weighted by atomic mass is 16.5. The SMILES string of the molecule is CC.COCCC(C)(C)Oc1ccc(C(N)=O)cc1. The molecule has 0 fully saturated rings. The molecule has 0 spiro atoms. The van der Waals surface area contributed by atoms with Gasteiger partial charge in [-0.3, -0.25) is 4.79 Å². The van der Waals surface area contributed by atoms with Crippen LogP contribution in [0.15, 0.2) is 24.3 Å². The number of benzene rings is 1. The molecule has 108 valence electrons. The predicted molar refractivity (Wildman–Crippen MR) is 77.5 cm³/mol. The molecule has 1 rings (SSSR count). The summed E-state index contributed by atoms with van der Waals surface area (Å²) in [5, 5.41) is 0. The molecule has 0 aliphatic carbocycles. The zero-order valence-corrected chi connectivity index (χ0v) is 12.5. The lowest BCUT2D eigenvalue weighted by Gasteiger charge is -2.26. The molecule has 0 radical (unpaired) electrons. The van der Waals surface area contributed by atoms with Crippen molar-refractivity contribution in [2.24, 2.45) is 5.73 Å². The van der Waals surface area contributed by atoms with Gasteiger partial charge in [0.25, 0.3) is 0 Å². The summed E-state index contributed by atoms with van der Waals surface area (Å²) in [6, 6.07) is 6.80. The van der Waals surface area contributed by atoms with E-state index in [4.69, 9.17) is 15.2 Å². The molecular formula is C15H25NO3. The van der Waals surface area contributed by atoms with Gasteiger partial charge in [-0.2, -0.15) is 0 Å². The molecule has 0 aliphatic heterocycles. The Morgan fingerprint density at radius 3 is 2.16 bits per heavy atom. The molecular weight excluding hydrogens is 242 g/mol. The summed E-state index contributed by atoms with van der Waals surface area (Å²) in [6.45, 7) is 8.63. The van der Waals surface area contributed by atoms with Gasteiger partial charge in [-0.1, -0.05) is 13.8 Å². The van der Waals surface area contributed by atoms with Gasteiger partial charge < -0.3 is 15.2 Å². The third-order valence-electron chi connectivity index (χ3n) is 2.44. The standard InChI is InChI=1S/C13H19NO3.C2H6/c1-13(2,8-9-16-3)17-11-6-4-10(5-7-11)12(14)15;1-2/h4-7H,8-9H2,1-3H3,(H2,14,15);1-2H3. The van der Waals surface area contributed by atoms with Crippen molar-refractivity contribution in [2.45, 2.75) is 39.7 Å². The molecule has 0 aromatic heterocycles. The van der Waals surface area contributed by atoms with E-state index in [0.717, 1.165) is 12.2 Å². The van der Waals surface area contributed by atoms with E-state index >= 15 is 0 Å². The van der Waals surface area contributed by atoms with Crippen LogP contribution in [0.2, 0.25) is 0 Å². The Balaban J connectivity index is 0.00000154. The van der Waals surface area contributed by atoms with Crippen LogP contribution in [-0.4, -0.2) is 25.2 Å². The number of amides is 1. The predicted octanol–water partition coefficient (Wildman–Crippen LogP) is 3.01. The van der Waals surface area contributed by atoms with Crippen LogP contribution in [0, 0.1) is 0 Å². The maximum atomic E-state index is 10.9. The molecule has 1 aromatic rings.